The molecule has 0 spiro atoms. The minimum Gasteiger partial charge on any atom is -0.376 e. The lowest BCUT2D eigenvalue weighted by Crippen LogP contribution is -2.38. The molecule has 1 unspecified atom stereocenters. The molecule has 170 valence electrons. The summed E-state index contributed by atoms with van der Waals surface area (Å²) in [5, 5.41) is 13.6. The lowest BCUT2D eigenvalue weighted by Gasteiger charge is -2.34. The van der Waals surface area contributed by atoms with E-state index in [0.717, 1.165) is 60.1 Å². The summed E-state index contributed by atoms with van der Waals surface area (Å²) < 4.78 is 7.68. The average Bonchev–Trinajstić information content (AvgIpc) is 3.47. The van der Waals surface area contributed by atoms with Crippen molar-refractivity contribution in [2.75, 3.05) is 6.61 Å². The molecule has 2 fully saturated rings. The zero-order valence-corrected chi connectivity index (χ0v) is 18.8. The smallest absolute Gasteiger partial charge is 0.252 e. The number of aromatic amines is 1. The van der Waals surface area contributed by atoms with Gasteiger partial charge in [0.05, 0.1) is 19.2 Å². The van der Waals surface area contributed by atoms with Crippen molar-refractivity contribution in [2.24, 2.45) is 0 Å². The molecule has 0 amide bonds. The van der Waals surface area contributed by atoms with Crippen LogP contribution in [0.5, 0.6) is 0 Å². The first-order chi connectivity index (χ1) is 15.7. The molecule has 3 heterocycles. The molecule has 1 aromatic carbocycles. The molecule has 0 radical (unpaired) electrons. The molecule has 1 saturated carbocycles. The first kappa shape index (κ1) is 21.3. The second kappa shape index (κ2) is 9.50. The number of aryl methyl sites for hydroxylation is 1. The standard InChI is InChI=1S/C24H32N6O2/c1-17-9-10-18-13-19(24(31)25-22(18)12-17)14-29(20-6-3-2-4-7-20)16-23-26-27-28-30(23)15-21-8-5-11-32-21/h9-10,12-13,20-21H,2-8,11,14-16H2,1H3,(H,25,31). The Morgan fingerprint density at radius 1 is 1.12 bits per heavy atom. The van der Waals surface area contributed by atoms with E-state index in [1.807, 2.05) is 23.7 Å². The van der Waals surface area contributed by atoms with Gasteiger partial charge in [0.2, 0.25) is 0 Å². The first-order valence-electron chi connectivity index (χ1n) is 11.9. The van der Waals surface area contributed by atoms with Crippen molar-refractivity contribution in [1.29, 1.82) is 0 Å². The van der Waals surface area contributed by atoms with Crippen LogP contribution in [0.3, 0.4) is 0 Å². The van der Waals surface area contributed by atoms with Crippen molar-refractivity contribution >= 4 is 10.9 Å². The third kappa shape index (κ3) is 4.76. The van der Waals surface area contributed by atoms with Crippen molar-refractivity contribution in [3.63, 3.8) is 0 Å². The van der Waals surface area contributed by atoms with Gasteiger partial charge in [-0.15, -0.1) is 5.10 Å². The van der Waals surface area contributed by atoms with Crippen molar-refractivity contribution < 1.29 is 4.74 Å². The monoisotopic (exact) mass is 436 g/mol. The second-order valence-corrected chi connectivity index (χ2v) is 9.32. The van der Waals surface area contributed by atoms with Crippen LogP contribution in [0.1, 0.15) is 61.9 Å². The zero-order chi connectivity index (χ0) is 21.9. The molecule has 8 heteroatoms. The van der Waals surface area contributed by atoms with Crippen LogP contribution in [0.15, 0.2) is 29.1 Å². The molecular formula is C24H32N6O2. The van der Waals surface area contributed by atoms with E-state index in [9.17, 15) is 4.79 Å². The number of ether oxygens (including phenoxy) is 1. The zero-order valence-electron chi connectivity index (χ0n) is 18.8. The van der Waals surface area contributed by atoms with Crippen LogP contribution in [0, 0.1) is 6.92 Å². The number of fused-ring (bicyclic) bond motifs is 1. The molecule has 3 aromatic rings. The van der Waals surface area contributed by atoms with Gasteiger partial charge in [0.15, 0.2) is 5.82 Å². The van der Waals surface area contributed by atoms with Crippen LogP contribution in [-0.4, -0.2) is 48.8 Å². The van der Waals surface area contributed by atoms with Crippen molar-refractivity contribution in [3.05, 3.63) is 51.6 Å². The molecule has 1 aliphatic carbocycles. The summed E-state index contributed by atoms with van der Waals surface area (Å²) in [6, 6.07) is 8.67. The van der Waals surface area contributed by atoms with Gasteiger partial charge >= 0.3 is 0 Å². The Morgan fingerprint density at radius 2 is 2.00 bits per heavy atom. The summed E-state index contributed by atoms with van der Waals surface area (Å²) >= 11 is 0. The summed E-state index contributed by atoms with van der Waals surface area (Å²) in [7, 11) is 0. The number of tetrazole rings is 1. The predicted octanol–water partition coefficient (Wildman–Crippen LogP) is 3.34. The highest BCUT2D eigenvalue weighted by molar-refractivity contribution is 5.79. The number of benzene rings is 1. The van der Waals surface area contributed by atoms with Crippen LogP contribution in [0.2, 0.25) is 0 Å². The van der Waals surface area contributed by atoms with E-state index in [4.69, 9.17) is 4.74 Å². The van der Waals surface area contributed by atoms with Crippen molar-refractivity contribution in [1.82, 2.24) is 30.1 Å². The number of pyridine rings is 1. The summed E-state index contributed by atoms with van der Waals surface area (Å²) in [4.78, 5) is 18.4. The summed E-state index contributed by atoms with van der Waals surface area (Å²) in [5.41, 5.74) is 2.82. The van der Waals surface area contributed by atoms with Crippen molar-refractivity contribution in [3.8, 4) is 0 Å². The molecule has 1 aliphatic heterocycles. The highest BCUT2D eigenvalue weighted by Gasteiger charge is 2.25. The Labute approximate surface area is 188 Å². The normalized spacial score (nSPS) is 19.9. The molecule has 1 N–H and O–H groups in total. The van der Waals surface area contributed by atoms with Gasteiger partial charge < -0.3 is 9.72 Å². The van der Waals surface area contributed by atoms with E-state index >= 15 is 0 Å². The SMILES string of the molecule is Cc1ccc2cc(CN(Cc3nnnn3CC3CCCO3)C3CCCCC3)c(=O)[nH]c2c1. The second-order valence-electron chi connectivity index (χ2n) is 9.32. The van der Waals surface area contributed by atoms with Gasteiger partial charge in [0.1, 0.15) is 0 Å². The van der Waals surface area contributed by atoms with Gasteiger partial charge in [-0.05, 0) is 66.1 Å². The fourth-order valence-corrected chi connectivity index (χ4v) is 5.10. The molecule has 8 nitrogen and oxygen atoms in total. The number of nitrogens with one attached hydrogen (secondary N) is 1. The first-order valence-corrected chi connectivity index (χ1v) is 11.9. The highest BCUT2D eigenvalue weighted by atomic mass is 16.5. The predicted molar refractivity (Wildman–Crippen MR) is 122 cm³/mol. The Balaban J connectivity index is 1.40. The van der Waals surface area contributed by atoms with Crippen LogP contribution in [0.25, 0.3) is 10.9 Å². The van der Waals surface area contributed by atoms with Crippen LogP contribution in [0.4, 0.5) is 0 Å². The van der Waals surface area contributed by atoms with Gasteiger partial charge in [-0.2, -0.15) is 0 Å². The molecule has 32 heavy (non-hydrogen) atoms. The number of H-pyrrole nitrogens is 1. The fourth-order valence-electron chi connectivity index (χ4n) is 5.10. The van der Waals surface area contributed by atoms with Gasteiger partial charge in [-0.3, -0.25) is 9.69 Å². The maximum absolute atomic E-state index is 12.9. The van der Waals surface area contributed by atoms with Crippen molar-refractivity contribution in [2.45, 2.75) is 83.6 Å². The molecule has 0 bridgehead atoms. The number of hydrogen-bond donors (Lipinski definition) is 1. The largest absolute Gasteiger partial charge is 0.376 e. The Morgan fingerprint density at radius 3 is 2.81 bits per heavy atom. The van der Waals surface area contributed by atoms with E-state index in [1.165, 1.54) is 19.3 Å². The summed E-state index contributed by atoms with van der Waals surface area (Å²) in [6.45, 7) is 4.78. The molecule has 1 atom stereocenters. The third-order valence-corrected chi connectivity index (χ3v) is 6.89. The molecule has 2 aromatic heterocycles. The quantitative estimate of drug-likeness (QED) is 0.611. The number of rotatable bonds is 7. The maximum atomic E-state index is 12.9. The molecular weight excluding hydrogens is 404 g/mol. The van der Waals surface area contributed by atoms with E-state index in [-0.39, 0.29) is 11.7 Å². The van der Waals surface area contributed by atoms with Crippen LogP contribution >= 0.6 is 0 Å². The molecule has 1 saturated heterocycles. The third-order valence-electron chi connectivity index (χ3n) is 6.89. The Kier molecular flexibility index (Phi) is 6.32. The van der Waals surface area contributed by atoms with E-state index < -0.39 is 0 Å². The number of hydrogen-bond acceptors (Lipinski definition) is 6. The summed E-state index contributed by atoms with van der Waals surface area (Å²) in [5.74, 6) is 0.846. The van der Waals surface area contributed by atoms with Crippen LogP contribution < -0.4 is 5.56 Å². The number of aromatic nitrogens is 5. The van der Waals surface area contributed by atoms with E-state index in [1.54, 1.807) is 0 Å². The topological polar surface area (TPSA) is 88.9 Å². The van der Waals surface area contributed by atoms with Gasteiger partial charge in [0, 0.05) is 30.3 Å². The van der Waals surface area contributed by atoms with E-state index in [2.05, 4.69) is 37.5 Å². The maximum Gasteiger partial charge on any atom is 0.252 e. The minimum absolute atomic E-state index is 0.0112. The fraction of sp³-hybridized carbons (Fsp3) is 0.583. The van der Waals surface area contributed by atoms with Gasteiger partial charge in [0.25, 0.3) is 5.56 Å². The van der Waals surface area contributed by atoms with Crippen LogP contribution in [-0.2, 0) is 24.4 Å². The minimum atomic E-state index is -0.0112. The Bertz CT molecular complexity index is 1110. The highest BCUT2D eigenvalue weighted by Crippen LogP contribution is 2.26. The van der Waals surface area contributed by atoms with Gasteiger partial charge in [-0.25, -0.2) is 4.68 Å². The summed E-state index contributed by atoms with van der Waals surface area (Å²) in [6.07, 6.45) is 8.39. The molecule has 2 aliphatic rings. The van der Waals surface area contributed by atoms with E-state index in [0.29, 0.717) is 25.7 Å². The van der Waals surface area contributed by atoms with Gasteiger partial charge in [-0.1, -0.05) is 31.4 Å². The molecule has 5 rings (SSSR count). The number of nitrogens with zero attached hydrogens (tertiary/aromatic N) is 5. The Hall–Kier alpha value is -2.58. The average molecular weight is 437 g/mol. The lowest BCUT2D eigenvalue weighted by molar-refractivity contribution is 0.0893. The lowest BCUT2D eigenvalue weighted by atomic mass is 9.93.